The van der Waals surface area contributed by atoms with Gasteiger partial charge < -0.3 is 33.8 Å². The van der Waals surface area contributed by atoms with E-state index in [0.29, 0.717) is 25.7 Å². The SMILES string of the molecule is CCCCCCCCCCCCCCCCCCCCCC(=O)O[C@H](COC(=O)CCCCCCCCCCCCCC(C)C)COP(=O)(O)OC[C@@H](O)COP(=O)(O)OC[C@@H](COC(=O)CCCCCCCCCCCC(C)C)OC(=O)CCCCCCCCCCCCC(C)C. The largest absolute Gasteiger partial charge is 0.472 e. The van der Waals surface area contributed by atoms with Crippen molar-refractivity contribution in [3.05, 3.63) is 0 Å². The first-order valence-corrected chi connectivity index (χ1v) is 43.8. The lowest BCUT2D eigenvalue weighted by molar-refractivity contribution is -0.161. The number of phosphoric ester groups is 2. The lowest BCUT2D eigenvalue weighted by Gasteiger charge is -2.21. The number of unbranched alkanes of at least 4 members (excludes halogenated alkanes) is 45. The Bertz CT molecular complexity index is 1900. The second-order valence-electron chi connectivity index (χ2n) is 29.9. The number of carbonyl (C=O) groups is 4. The van der Waals surface area contributed by atoms with Crippen molar-refractivity contribution in [2.24, 2.45) is 17.8 Å². The average molecular weight is 1440 g/mol. The summed E-state index contributed by atoms with van der Waals surface area (Å²) in [6.07, 6.45) is 56.9. The zero-order valence-corrected chi connectivity index (χ0v) is 66.0. The van der Waals surface area contributed by atoms with Gasteiger partial charge in [-0.05, 0) is 43.4 Å². The zero-order chi connectivity index (χ0) is 72.3. The zero-order valence-electron chi connectivity index (χ0n) is 64.3. The molecule has 0 saturated carbocycles. The molecule has 0 amide bonds. The highest BCUT2D eigenvalue weighted by Gasteiger charge is 2.30. The summed E-state index contributed by atoms with van der Waals surface area (Å²) in [6, 6.07) is 0. The molecule has 0 aliphatic heterocycles. The fraction of sp³-hybridized carbons (Fsp3) is 0.949. The predicted molar refractivity (Wildman–Crippen MR) is 400 cm³/mol. The third kappa shape index (κ3) is 72.4. The van der Waals surface area contributed by atoms with Crippen LogP contribution in [0.25, 0.3) is 0 Å². The summed E-state index contributed by atoms with van der Waals surface area (Å²) < 4.78 is 68.7. The van der Waals surface area contributed by atoms with E-state index in [4.69, 9.17) is 37.0 Å². The maximum absolute atomic E-state index is 13.1. The molecule has 0 saturated heterocycles. The van der Waals surface area contributed by atoms with Crippen LogP contribution >= 0.6 is 15.6 Å². The number of ether oxygens (including phenoxy) is 4. The molecule has 3 N–H and O–H groups in total. The Kier molecular flexibility index (Phi) is 68.1. The molecule has 5 atom stereocenters. The minimum Gasteiger partial charge on any atom is -0.462 e. The predicted octanol–water partition coefficient (Wildman–Crippen LogP) is 23.4. The minimum absolute atomic E-state index is 0.106. The first-order valence-electron chi connectivity index (χ1n) is 40.8. The molecule has 0 aromatic carbocycles. The third-order valence-corrected chi connectivity index (χ3v) is 20.3. The van der Waals surface area contributed by atoms with Gasteiger partial charge in [-0.1, -0.05) is 357 Å². The number of carbonyl (C=O) groups excluding carboxylic acids is 4. The normalized spacial score (nSPS) is 14.0. The monoisotopic (exact) mass is 1440 g/mol. The topological polar surface area (TPSA) is 237 Å². The molecule has 2 unspecified atom stereocenters. The third-order valence-electron chi connectivity index (χ3n) is 18.4. The molecule has 0 rings (SSSR count). The van der Waals surface area contributed by atoms with Crippen molar-refractivity contribution in [2.45, 2.75) is 426 Å². The van der Waals surface area contributed by atoms with E-state index in [1.54, 1.807) is 0 Å². The van der Waals surface area contributed by atoms with E-state index in [9.17, 15) is 43.2 Å². The van der Waals surface area contributed by atoms with Gasteiger partial charge in [0.1, 0.15) is 19.3 Å². The maximum atomic E-state index is 13.1. The van der Waals surface area contributed by atoms with Crippen molar-refractivity contribution in [2.75, 3.05) is 39.6 Å². The Labute approximate surface area is 600 Å². The number of phosphoric acid groups is 2. The van der Waals surface area contributed by atoms with Crippen LogP contribution in [0.15, 0.2) is 0 Å². The molecule has 0 radical (unpaired) electrons. The maximum Gasteiger partial charge on any atom is 0.472 e. The Morgan fingerprint density at radius 2 is 0.469 bits per heavy atom. The molecule has 0 aromatic heterocycles. The number of aliphatic hydroxyl groups excluding tert-OH is 1. The van der Waals surface area contributed by atoms with Crippen LogP contribution in [-0.2, 0) is 65.4 Å². The van der Waals surface area contributed by atoms with Crippen molar-refractivity contribution < 1.29 is 80.2 Å². The van der Waals surface area contributed by atoms with Crippen LogP contribution in [0.5, 0.6) is 0 Å². The van der Waals surface area contributed by atoms with E-state index in [1.165, 1.54) is 218 Å². The standard InChI is InChI=1S/C79H154O17P2/c1-8-9-10-11-12-13-14-15-16-17-18-19-20-21-24-33-41-48-55-62-78(83)95-74(66-89-76(81)60-53-46-39-32-25-22-23-29-36-43-50-57-70(2)3)68-93-97(85,86)91-64-73(80)65-92-98(87,88)94-69-75(67-90-77(82)61-54-47-40-35-28-31-38-45-52-59-72(6)7)96-79(84)63-56-49-42-34-27-26-30-37-44-51-58-71(4)5/h70-75,80H,8-69H2,1-7H3,(H,85,86)(H,87,88)/t73-,74-,75-/m1/s1. The van der Waals surface area contributed by atoms with Crippen molar-refractivity contribution in [1.82, 2.24) is 0 Å². The lowest BCUT2D eigenvalue weighted by atomic mass is 10.0. The molecule has 17 nitrogen and oxygen atoms in total. The molecular formula is C79H154O17P2. The molecule has 0 bridgehead atoms. The van der Waals surface area contributed by atoms with Crippen molar-refractivity contribution in [3.8, 4) is 0 Å². The van der Waals surface area contributed by atoms with E-state index in [-0.39, 0.29) is 25.7 Å². The van der Waals surface area contributed by atoms with Crippen LogP contribution in [0.4, 0.5) is 0 Å². The van der Waals surface area contributed by atoms with Crippen LogP contribution in [0.2, 0.25) is 0 Å². The summed E-state index contributed by atoms with van der Waals surface area (Å²) in [5, 5.41) is 10.6. The van der Waals surface area contributed by atoms with Crippen molar-refractivity contribution in [1.29, 1.82) is 0 Å². The smallest absolute Gasteiger partial charge is 0.462 e. The Morgan fingerprint density at radius 3 is 0.694 bits per heavy atom. The highest BCUT2D eigenvalue weighted by atomic mass is 31.2. The Balaban J connectivity index is 5.25. The van der Waals surface area contributed by atoms with Crippen LogP contribution in [0.3, 0.4) is 0 Å². The molecule has 19 heteroatoms. The molecule has 0 fully saturated rings. The molecule has 0 heterocycles. The van der Waals surface area contributed by atoms with Crippen LogP contribution in [-0.4, -0.2) is 96.7 Å². The van der Waals surface area contributed by atoms with E-state index in [0.717, 1.165) is 108 Å². The molecule has 0 aliphatic rings. The second-order valence-corrected chi connectivity index (χ2v) is 32.8. The number of aliphatic hydroxyl groups is 1. The summed E-state index contributed by atoms with van der Waals surface area (Å²) in [7, 11) is -9.92. The van der Waals surface area contributed by atoms with E-state index < -0.39 is 97.5 Å². The fourth-order valence-electron chi connectivity index (χ4n) is 12.1. The lowest BCUT2D eigenvalue weighted by Crippen LogP contribution is -2.30. The minimum atomic E-state index is -4.96. The first kappa shape index (κ1) is 96.1. The highest BCUT2D eigenvalue weighted by Crippen LogP contribution is 2.45. The van der Waals surface area contributed by atoms with Gasteiger partial charge in [0.15, 0.2) is 12.2 Å². The molecule has 582 valence electrons. The van der Waals surface area contributed by atoms with Crippen molar-refractivity contribution in [3.63, 3.8) is 0 Å². The molecule has 0 aromatic rings. The van der Waals surface area contributed by atoms with Gasteiger partial charge in [-0.3, -0.25) is 37.3 Å². The summed E-state index contributed by atoms with van der Waals surface area (Å²) in [6.45, 7) is 11.9. The van der Waals surface area contributed by atoms with E-state index in [1.807, 2.05) is 0 Å². The second kappa shape index (κ2) is 69.4. The van der Waals surface area contributed by atoms with Crippen LogP contribution in [0, 0.1) is 17.8 Å². The number of esters is 4. The van der Waals surface area contributed by atoms with Gasteiger partial charge in [-0.2, -0.15) is 0 Å². The highest BCUT2D eigenvalue weighted by molar-refractivity contribution is 7.47. The van der Waals surface area contributed by atoms with Gasteiger partial charge in [0, 0.05) is 25.7 Å². The van der Waals surface area contributed by atoms with Gasteiger partial charge in [0.05, 0.1) is 26.4 Å². The molecule has 0 aliphatic carbocycles. The van der Waals surface area contributed by atoms with Crippen molar-refractivity contribution >= 4 is 39.5 Å². The van der Waals surface area contributed by atoms with Gasteiger partial charge >= 0.3 is 39.5 Å². The van der Waals surface area contributed by atoms with Gasteiger partial charge in [0.25, 0.3) is 0 Å². The number of rotatable bonds is 77. The number of hydrogen-bond donors (Lipinski definition) is 3. The van der Waals surface area contributed by atoms with Crippen LogP contribution < -0.4 is 0 Å². The Hall–Kier alpha value is -1.94. The molecule has 0 spiro atoms. The molecule has 98 heavy (non-hydrogen) atoms. The van der Waals surface area contributed by atoms with Gasteiger partial charge in [-0.15, -0.1) is 0 Å². The average Bonchev–Trinajstić information content (AvgIpc) is 1.06. The van der Waals surface area contributed by atoms with Gasteiger partial charge in [-0.25, -0.2) is 9.13 Å². The Morgan fingerprint density at radius 1 is 0.276 bits per heavy atom. The summed E-state index contributed by atoms with van der Waals surface area (Å²) in [5.41, 5.74) is 0. The molecular weight excluding hydrogens is 1280 g/mol. The van der Waals surface area contributed by atoms with E-state index >= 15 is 0 Å². The van der Waals surface area contributed by atoms with E-state index in [2.05, 4.69) is 48.5 Å². The number of hydrogen-bond acceptors (Lipinski definition) is 15. The fourth-order valence-corrected chi connectivity index (χ4v) is 13.7. The summed E-state index contributed by atoms with van der Waals surface area (Å²) in [4.78, 5) is 73.0. The quantitative estimate of drug-likeness (QED) is 0.0222. The first-order chi connectivity index (χ1) is 47.2. The summed E-state index contributed by atoms with van der Waals surface area (Å²) in [5.74, 6) is 0.153. The van der Waals surface area contributed by atoms with Crippen LogP contribution in [0.1, 0.15) is 408 Å². The van der Waals surface area contributed by atoms with Gasteiger partial charge in [0.2, 0.25) is 0 Å². The summed E-state index contributed by atoms with van der Waals surface area (Å²) >= 11 is 0.